The lowest BCUT2D eigenvalue weighted by molar-refractivity contribution is -0.126. The van der Waals surface area contributed by atoms with Crippen molar-refractivity contribution in [2.45, 2.75) is 10.6 Å². The first kappa shape index (κ1) is 23.0. The highest BCUT2D eigenvalue weighted by molar-refractivity contribution is 7.94. The summed E-state index contributed by atoms with van der Waals surface area (Å²) in [5.74, 6) is -1.71. The zero-order valence-corrected chi connectivity index (χ0v) is 18.3. The van der Waals surface area contributed by atoms with Gasteiger partial charge >= 0.3 is 0 Å². The number of amides is 3. The maximum absolute atomic E-state index is 12.5. The third kappa shape index (κ3) is 6.40. The molecule has 1 heterocycles. The average molecular weight is 473 g/mol. The second-order valence-electron chi connectivity index (χ2n) is 6.52. The van der Waals surface area contributed by atoms with Crippen LogP contribution in [-0.4, -0.2) is 32.7 Å². The first-order valence-electron chi connectivity index (χ1n) is 9.40. The Morgan fingerprint density at radius 3 is 2.25 bits per heavy atom. The van der Waals surface area contributed by atoms with Gasteiger partial charge in [0.15, 0.2) is 0 Å². The van der Waals surface area contributed by atoms with Gasteiger partial charge in [0, 0.05) is 0 Å². The van der Waals surface area contributed by atoms with Crippen LogP contribution in [0.15, 0.2) is 76.3 Å². The molecule has 0 atom stereocenters. The summed E-state index contributed by atoms with van der Waals surface area (Å²) in [6.45, 7) is -0.335. The van der Waals surface area contributed by atoms with Crippen LogP contribution in [0.3, 0.4) is 0 Å². The van der Waals surface area contributed by atoms with E-state index in [9.17, 15) is 22.8 Å². The molecule has 0 saturated heterocycles. The molecule has 3 amide bonds. The Kier molecular flexibility index (Phi) is 7.58. The molecule has 1 aromatic heterocycles. The van der Waals surface area contributed by atoms with Gasteiger partial charge in [-0.3, -0.25) is 30.0 Å². The number of nitrogens with one attached hydrogen (secondary N) is 4. The molecular formula is C21H20N4O5S2. The van der Waals surface area contributed by atoms with Gasteiger partial charge in [0.25, 0.3) is 21.8 Å². The molecule has 0 spiro atoms. The third-order valence-corrected chi connectivity index (χ3v) is 6.91. The van der Waals surface area contributed by atoms with Crippen LogP contribution >= 0.6 is 11.3 Å². The number of benzene rings is 2. The molecule has 0 saturated carbocycles. The number of rotatable bonds is 8. The second kappa shape index (κ2) is 10.6. The van der Waals surface area contributed by atoms with Crippen molar-refractivity contribution in [2.24, 2.45) is 0 Å². The molecule has 3 aromatic rings. The molecule has 0 bridgehead atoms. The monoisotopic (exact) mass is 472 g/mol. The van der Waals surface area contributed by atoms with Crippen LogP contribution < -0.4 is 20.9 Å². The number of thiophene rings is 1. The van der Waals surface area contributed by atoms with Gasteiger partial charge in [-0.25, -0.2) is 8.42 Å². The zero-order valence-electron chi connectivity index (χ0n) is 16.7. The SMILES string of the molecule is O=C(Cc1ccccc1)NCC(=O)NNC(=O)c1ccccc1NS(=O)(=O)c1cccs1. The molecule has 0 unspecified atom stereocenters. The lowest BCUT2D eigenvalue weighted by Crippen LogP contribution is -2.46. The van der Waals surface area contributed by atoms with Crippen LogP contribution in [0.25, 0.3) is 0 Å². The van der Waals surface area contributed by atoms with E-state index in [4.69, 9.17) is 0 Å². The number of hydrazine groups is 1. The summed E-state index contributed by atoms with van der Waals surface area (Å²) >= 11 is 1.04. The smallest absolute Gasteiger partial charge is 0.271 e. The van der Waals surface area contributed by atoms with E-state index in [-0.39, 0.29) is 34.3 Å². The molecule has 32 heavy (non-hydrogen) atoms. The predicted molar refractivity (Wildman–Crippen MR) is 120 cm³/mol. The Bertz CT molecular complexity index is 1200. The number of sulfonamides is 1. The predicted octanol–water partition coefficient (Wildman–Crippen LogP) is 1.67. The lowest BCUT2D eigenvalue weighted by Gasteiger charge is -2.13. The van der Waals surface area contributed by atoms with Crippen molar-refractivity contribution in [3.8, 4) is 0 Å². The number of hydrogen-bond acceptors (Lipinski definition) is 6. The van der Waals surface area contributed by atoms with E-state index in [1.807, 2.05) is 18.2 Å². The molecular weight excluding hydrogens is 452 g/mol. The van der Waals surface area contributed by atoms with Gasteiger partial charge in [0.2, 0.25) is 5.91 Å². The number of hydrogen-bond donors (Lipinski definition) is 4. The van der Waals surface area contributed by atoms with E-state index in [0.29, 0.717) is 0 Å². The van der Waals surface area contributed by atoms with E-state index in [2.05, 4.69) is 20.9 Å². The molecule has 0 aliphatic carbocycles. The summed E-state index contributed by atoms with van der Waals surface area (Å²) in [5.41, 5.74) is 5.28. The van der Waals surface area contributed by atoms with Gasteiger partial charge < -0.3 is 5.32 Å². The summed E-state index contributed by atoms with van der Waals surface area (Å²) in [6, 6.07) is 18.1. The van der Waals surface area contributed by atoms with Crippen molar-refractivity contribution in [3.63, 3.8) is 0 Å². The van der Waals surface area contributed by atoms with E-state index >= 15 is 0 Å². The van der Waals surface area contributed by atoms with Gasteiger partial charge in [-0.1, -0.05) is 48.5 Å². The van der Waals surface area contributed by atoms with Gasteiger partial charge in [-0.15, -0.1) is 11.3 Å². The van der Waals surface area contributed by atoms with Crippen LogP contribution in [0.1, 0.15) is 15.9 Å². The van der Waals surface area contributed by atoms with E-state index in [0.717, 1.165) is 16.9 Å². The fourth-order valence-electron chi connectivity index (χ4n) is 2.64. The van der Waals surface area contributed by atoms with Crippen LogP contribution in [0.5, 0.6) is 0 Å². The number of anilines is 1. The minimum absolute atomic E-state index is 0.0149. The molecule has 0 fully saturated rings. The normalized spacial score (nSPS) is 10.8. The van der Waals surface area contributed by atoms with Crippen molar-refractivity contribution < 1.29 is 22.8 Å². The minimum atomic E-state index is -3.85. The van der Waals surface area contributed by atoms with Crippen molar-refractivity contribution in [1.82, 2.24) is 16.2 Å². The molecule has 166 valence electrons. The van der Waals surface area contributed by atoms with Crippen molar-refractivity contribution in [1.29, 1.82) is 0 Å². The molecule has 11 heteroatoms. The first-order chi connectivity index (χ1) is 15.3. The zero-order chi connectivity index (χ0) is 23.0. The molecule has 2 aromatic carbocycles. The first-order valence-corrected chi connectivity index (χ1v) is 11.8. The Balaban J connectivity index is 1.53. The number of carbonyl (C=O) groups excluding carboxylic acids is 3. The van der Waals surface area contributed by atoms with Crippen LogP contribution in [-0.2, 0) is 26.0 Å². The summed E-state index contributed by atoms with van der Waals surface area (Å²) < 4.78 is 27.4. The molecule has 0 aliphatic heterocycles. The second-order valence-corrected chi connectivity index (χ2v) is 9.38. The Morgan fingerprint density at radius 2 is 1.53 bits per heavy atom. The van der Waals surface area contributed by atoms with Gasteiger partial charge in [-0.05, 0) is 29.1 Å². The highest BCUT2D eigenvalue weighted by Crippen LogP contribution is 2.22. The van der Waals surface area contributed by atoms with E-state index < -0.39 is 21.8 Å². The fourth-order valence-corrected chi connectivity index (χ4v) is 4.71. The van der Waals surface area contributed by atoms with E-state index in [1.54, 1.807) is 35.7 Å². The fraction of sp³-hybridized carbons (Fsp3) is 0.0952. The number of para-hydroxylation sites is 1. The Morgan fingerprint density at radius 1 is 0.812 bits per heavy atom. The highest BCUT2D eigenvalue weighted by atomic mass is 32.2. The maximum atomic E-state index is 12.5. The number of carbonyl (C=O) groups is 3. The average Bonchev–Trinajstić information content (AvgIpc) is 3.33. The Hall–Kier alpha value is -3.70. The quantitative estimate of drug-likeness (QED) is 0.370. The van der Waals surface area contributed by atoms with Crippen molar-refractivity contribution >= 4 is 44.8 Å². The van der Waals surface area contributed by atoms with Crippen LogP contribution in [0.2, 0.25) is 0 Å². The lowest BCUT2D eigenvalue weighted by atomic mass is 10.1. The summed E-state index contributed by atoms with van der Waals surface area (Å²) in [4.78, 5) is 36.3. The van der Waals surface area contributed by atoms with Crippen LogP contribution in [0.4, 0.5) is 5.69 Å². The molecule has 0 aliphatic rings. The largest absolute Gasteiger partial charge is 0.347 e. The summed E-state index contributed by atoms with van der Waals surface area (Å²) in [7, 11) is -3.85. The van der Waals surface area contributed by atoms with Gasteiger partial charge in [-0.2, -0.15) is 0 Å². The van der Waals surface area contributed by atoms with E-state index in [1.165, 1.54) is 18.2 Å². The topological polar surface area (TPSA) is 133 Å². The molecule has 3 rings (SSSR count). The van der Waals surface area contributed by atoms with Crippen molar-refractivity contribution in [3.05, 3.63) is 83.2 Å². The molecule has 9 nitrogen and oxygen atoms in total. The van der Waals surface area contributed by atoms with Crippen molar-refractivity contribution in [2.75, 3.05) is 11.3 Å². The van der Waals surface area contributed by atoms with Crippen LogP contribution in [0, 0.1) is 0 Å². The summed E-state index contributed by atoms with van der Waals surface area (Å²) in [6.07, 6.45) is 0.123. The maximum Gasteiger partial charge on any atom is 0.271 e. The third-order valence-electron chi connectivity index (χ3n) is 4.15. The minimum Gasteiger partial charge on any atom is -0.347 e. The highest BCUT2D eigenvalue weighted by Gasteiger charge is 2.19. The summed E-state index contributed by atoms with van der Waals surface area (Å²) in [5, 5.41) is 4.09. The standard InChI is InChI=1S/C21H20N4O5S2/c26-18(13-15-7-2-1-3-8-15)22-14-19(27)23-24-21(28)16-9-4-5-10-17(16)25-32(29,30)20-11-6-12-31-20/h1-12,25H,13-14H2,(H,22,26)(H,23,27)(H,24,28). The molecule has 0 radical (unpaired) electrons. The Labute approximate surface area is 188 Å². The van der Waals surface area contributed by atoms with Gasteiger partial charge in [0.05, 0.1) is 24.2 Å². The van der Waals surface area contributed by atoms with Gasteiger partial charge in [0.1, 0.15) is 4.21 Å². The molecule has 4 N–H and O–H groups in total.